The molecule has 0 fully saturated rings. The molecule has 0 saturated heterocycles. The number of carbonyl (C=O) groups is 1. The van der Waals surface area contributed by atoms with E-state index in [2.05, 4.69) is 0 Å². The van der Waals surface area contributed by atoms with Crippen LogP contribution in [0.15, 0.2) is 23.1 Å². The van der Waals surface area contributed by atoms with Gasteiger partial charge in [0.1, 0.15) is 0 Å². The second kappa shape index (κ2) is 4.42. The Morgan fingerprint density at radius 1 is 1.64 bits per heavy atom. The van der Waals surface area contributed by atoms with Gasteiger partial charge in [-0.15, -0.1) is 0 Å². The standard InChI is InChI=1S/C10H12ClNO2/c1-3-7(2)12-6-4-5-8(9(11)13)10(12)14/h4-7H,3H2,1-2H3. The predicted molar refractivity (Wildman–Crippen MR) is 55.9 cm³/mol. The lowest BCUT2D eigenvalue weighted by atomic mass is 10.2. The lowest BCUT2D eigenvalue weighted by Gasteiger charge is -2.12. The van der Waals surface area contributed by atoms with E-state index < -0.39 is 5.24 Å². The highest BCUT2D eigenvalue weighted by molar-refractivity contribution is 6.67. The highest BCUT2D eigenvalue weighted by atomic mass is 35.5. The maximum absolute atomic E-state index is 11.7. The molecule has 0 spiro atoms. The summed E-state index contributed by atoms with van der Waals surface area (Å²) in [5.74, 6) is 0. The van der Waals surface area contributed by atoms with E-state index in [9.17, 15) is 9.59 Å². The molecule has 0 saturated carbocycles. The van der Waals surface area contributed by atoms with Crippen LogP contribution in [0.1, 0.15) is 36.7 Å². The maximum Gasteiger partial charge on any atom is 0.262 e. The van der Waals surface area contributed by atoms with Gasteiger partial charge in [-0.25, -0.2) is 0 Å². The van der Waals surface area contributed by atoms with E-state index in [0.29, 0.717) is 0 Å². The van der Waals surface area contributed by atoms with E-state index in [1.165, 1.54) is 10.6 Å². The minimum absolute atomic E-state index is 0.0365. The summed E-state index contributed by atoms with van der Waals surface area (Å²) in [5, 5.41) is -0.701. The molecule has 1 atom stereocenters. The van der Waals surface area contributed by atoms with Crippen LogP contribution in [0, 0.1) is 0 Å². The van der Waals surface area contributed by atoms with Crippen molar-refractivity contribution in [2.24, 2.45) is 0 Å². The van der Waals surface area contributed by atoms with Crippen molar-refractivity contribution >= 4 is 16.8 Å². The third-order valence-corrected chi connectivity index (χ3v) is 2.46. The van der Waals surface area contributed by atoms with E-state index >= 15 is 0 Å². The highest BCUT2D eigenvalue weighted by Crippen LogP contribution is 2.07. The van der Waals surface area contributed by atoms with Gasteiger partial charge in [-0.3, -0.25) is 9.59 Å². The Bertz CT molecular complexity index is 397. The molecule has 14 heavy (non-hydrogen) atoms. The first kappa shape index (κ1) is 11.0. The second-order valence-electron chi connectivity index (χ2n) is 3.17. The molecule has 0 aliphatic rings. The number of pyridine rings is 1. The molecule has 0 N–H and O–H groups in total. The fraction of sp³-hybridized carbons (Fsp3) is 0.400. The molecule has 1 aromatic rings. The van der Waals surface area contributed by atoms with Crippen molar-refractivity contribution in [3.8, 4) is 0 Å². The number of aromatic nitrogens is 1. The first-order chi connectivity index (χ1) is 6.57. The van der Waals surface area contributed by atoms with Gasteiger partial charge < -0.3 is 4.57 Å². The smallest absolute Gasteiger partial charge is 0.262 e. The number of hydrogen-bond donors (Lipinski definition) is 0. The van der Waals surface area contributed by atoms with Crippen LogP contribution in [0.2, 0.25) is 0 Å². The fourth-order valence-corrected chi connectivity index (χ4v) is 1.35. The largest absolute Gasteiger partial charge is 0.312 e. The molecular formula is C10H12ClNO2. The average Bonchev–Trinajstić information content (AvgIpc) is 2.16. The summed E-state index contributed by atoms with van der Waals surface area (Å²) in [5.41, 5.74) is -0.281. The third kappa shape index (κ3) is 2.04. The lowest BCUT2D eigenvalue weighted by molar-refractivity contribution is 0.107. The molecule has 0 amide bonds. The van der Waals surface area contributed by atoms with Crippen molar-refractivity contribution < 1.29 is 4.79 Å². The van der Waals surface area contributed by atoms with Crippen molar-refractivity contribution in [2.75, 3.05) is 0 Å². The van der Waals surface area contributed by atoms with E-state index in [-0.39, 0.29) is 17.2 Å². The summed E-state index contributed by atoms with van der Waals surface area (Å²) in [6, 6.07) is 3.18. The SMILES string of the molecule is CCC(C)n1cccc(C(=O)Cl)c1=O. The molecule has 0 aliphatic heterocycles. The molecule has 0 aliphatic carbocycles. The Morgan fingerprint density at radius 3 is 2.79 bits per heavy atom. The maximum atomic E-state index is 11.7. The zero-order valence-corrected chi connectivity index (χ0v) is 8.91. The van der Waals surface area contributed by atoms with Gasteiger partial charge in [0.25, 0.3) is 10.8 Å². The number of nitrogens with zero attached hydrogens (tertiary/aromatic N) is 1. The van der Waals surface area contributed by atoms with Gasteiger partial charge in [-0.05, 0) is 37.1 Å². The van der Waals surface area contributed by atoms with Crippen LogP contribution in [0.4, 0.5) is 0 Å². The molecule has 0 radical (unpaired) electrons. The highest BCUT2D eigenvalue weighted by Gasteiger charge is 2.11. The van der Waals surface area contributed by atoms with Crippen molar-refractivity contribution in [2.45, 2.75) is 26.3 Å². The summed E-state index contributed by atoms with van der Waals surface area (Å²) in [7, 11) is 0. The summed E-state index contributed by atoms with van der Waals surface area (Å²) in [4.78, 5) is 22.5. The number of carbonyl (C=O) groups excluding carboxylic acids is 1. The normalized spacial score (nSPS) is 12.5. The Morgan fingerprint density at radius 2 is 2.29 bits per heavy atom. The molecule has 1 rings (SSSR count). The molecule has 0 aromatic carbocycles. The minimum atomic E-state index is -0.701. The summed E-state index contributed by atoms with van der Waals surface area (Å²) < 4.78 is 1.52. The number of rotatable bonds is 3. The zero-order chi connectivity index (χ0) is 10.7. The van der Waals surface area contributed by atoms with E-state index in [4.69, 9.17) is 11.6 Å². The average molecular weight is 214 g/mol. The Balaban J connectivity index is 3.28. The molecular weight excluding hydrogens is 202 g/mol. The molecule has 1 aromatic heterocycles. The first-order valence-electron chi connectivity index (χ1n) is 4.49. The first-order valence-corrected chi connectivity index (χ1v) is 4.86. The molecule has 1 heterocycles. The van der Waals surface area contributed by atoms with Crippen molar-refractivity contribution in [1.82, 2.24) is 4.57 Å². The topological polar surface area (TPSA) is 39.1 Å². The quantitative estimate of drug-likeness (QED) is 0.723. The van der Waals surface area contributed by atoms with Crippen LogP contribution in [-0.4, -0.2) is 9.81 Å². The Labute approximate surface area is 87.3 Å². The fourth-order valence-electron chi connectivity index (χ4n) is 1.20. The Hall–Kier alpha value is -1.09. The van der Waals surface area contributed by atoms with Crippen LogP contribution < -0.4 is 5.56 Å². The van der Waals surface area contributed by atoms with Gasteiger partial charge in [-0.2, -0.15) is 0 Å². The van der Waals surface area contributed by atoms with Crippen LogP contribution in [0.5, 0.6) is 0 Å². The molecule has 0 bridgehead atoms. The Kier molecular flexibility index (Phi) is 3.47. The second-order valence-corrected chi connectivity index (χ2v) is 3.51. The van der Waals surface area contributed by atoms with Crippen molar-refractivity contribution in [1.29, 1.82) is 0 Å². The van der Waals surface area contributed by atoms with Crippen LogP contribution in [0.25, 0.3) is 0 Å². The monoisotopic (exact) mass is 213 g/mol. The van der Waals surface area contributed by atoms with Crippen LogP contribution >= 0.6 is 11.6 Å². The van der Waals surface area contributed by atoms with E-state index in [1.54, 1.807) is 12.3 Å². The van der Waals surface area contributed by atoms with Gasteiger partial charge in [0.15, 0.2) is 0 Å². The molecule has 1 unspecified atom stereocenters. The van der Waals surface area contributed by atoms with E-state index in [1.807, 2.05) is 13.8 Å². The summed E-state index contributed by atoms with van der Waals surface area (Å²) >= 11 is 5.28. The van der Waals surface area contributed by atoms with Gasteiger partial charge in [0.2, 0.25) is 0 Å². The van der Waals surface area contributed by atoms with Gasteiger partial charge in [0.05, 0.1) is 5.56 Å². The van der Waals surface area contributed by atoms with Gasteiger partial charge in [0, 0.05) is 12.2 Å². The third-order valence-electron chi connectivity index (χ3n) is 2.25. The number of halogens is 1. The molecule has 76 valence electrons. The van der Waals surface area contributed by atoms with Crippen LogP contribution in [-0.2, 0) is 0 Å². The van der Waals surface area contributed by atoms with Gasteiger partial charge in [-0.1, -0.05) is 6.92 Å². The molecule has 4 heteroatoms. The predicted octanol–water partition coefficient (Wildman–Crippen LogP) is 2.20. The molecule has 3 nitrogen and oxygen atoms in total. The minimum Gasteiger partial charge on any atom is -0.312 e. The van der Waals surface area contributed by atoms with Crippen LogP contribution in [0.3, 0.4) is 0 Å². The summed E-state index contributed by atoms with van der Waals surface area (Å²) in [6.45, 7) is 3.90. The zero-order valence-electron chi connectivity index (χ0n) is 8.16. The van der Waals surface area contributed by atoms with E-state index in [0.717, 1.165) is 6.42 Å². The van der Waals surface area contributed by atoms with Gasteiger partial charge >= 0.3 is 0 Å². The van der Waals surface area contributed by atoms with Crippen molar-refractivity contribution in [3.05, 3.63) is 34.2 Å². The lowest BCUT2D eigenvalue weighted by Crippen LogP contribution is -2.26. The number of hydrogen-bond acceptors (Lipinski definition) is 2. The summed E-state index contributed by atoms with van der Waals surface area (Å²) in [6.07, 6.45) is 2.50. The van der Waals surface area contributed by atoms with Crippen molar-refractivity contribution in [3.63, 3.8) is 0 Å².